The van der Waals surface area contributed by atoms with Gasteiger partial charge in [-0.05, 0) is 91.8 Å². The van der Waals surface area contributed by atoms with Gasteiger partial charge in [0.15, 0.2) is 0 Å². The lowest BCUT2D eigenvalue weighted by Gasteiger charge is -2.32. The van der Waals surface area contributed by atoms with Crippen LogP contribution in [0.1, 0.15) is 65.2 Å². The highest BCUT2D eigenvalue weighted by atomic mass is 79.9. The summed E-state index contributed by atoms with van der Waals surface area (Å²) in [6.07, 6.45) is 9.72. The minimum Gasteiger partial charge on any atom is -0.492 e. The minimum absolute atomic E-state index is 0.103. The summed E-state index contributed by atoms with van der Waals surface area (Å²) in [6, 6.07) is 3.98. The summed E-state index contributed by atoms with van der Waals surface area (Å²) < 4.78 is 13.6. The van der Waals surface area contributed by atoms with E-state index in [-0.39, 0.29) is 34.9 Å². The molecule has 16 heteroatoms. The number of hydrogen-bond acceptors (Lipinski definition) is 2. The smallest absolute Gasteiger partial charge is 0.134 e. The molecule has 200 valence electrons. The average molecular weight is 822 g/mol. The fourth-order valence-electron chi connectivity index (χ4n) is 2.58. The third-order valence-electron chi connectivity index (χ3n) is 4.33. The predicted molar refractivity (Wildman–Crippen MR) is 204 cm³/mol. The molecular formula is C18H42Br2O2P12. The lowest BCUT2D eigenvalue weighted by atomic mass is 10.2. The third-order valence-corrected chi connectivity index (χ3v) is 72.2. The lowest BCUT2D eigenvalue weighted by molar-refractivity contribution is 0.294. The number of benzene rings is 1. The van der Waals surface area contributed by atoms with Crippen LogP contribution < -0.4 is 9.47 Å². The van der Waals surface area contributed by atoms with E-state index in [2.05, 4.69) is 108 Å². The summed E-state index contributed by atoms with van der Waals surface area (Å²) in [7, 11) is 21.0. The summed E-state index contributed by atoms with van der Waals surface area (Å²) in [5, 5.41) is 0. The van der Waals surface area contributed by atoms with Gasteiger partial charge in [0.25, 0.3) is 0 Å². The van der Waals surface area contributed by atoms with E-state index in [9.17, 15) is 0 Å². The molecule has 0 aromatic heterocycles. The summed E-state index contributed by atoms with van der Waals surface area (Å²) in [5.41, 5.74) is 0. The zero-order valence-electron chi connectivity index (χ0n) is 20.1. The van der Waals surface area contributed by atoms with Crippen molar-refractivity contribution < 1.29 is 9.47 Å². The van der Waals surface area contributed by atoms with Gasteiger partial charge in [-0.15, -0.1) is 62.5 Å². The van der Waals surface area contributed by atoms with Crippen LogP contribution in [-0.4, -0.2) is 13.2 Å². The van der Waals surface area contributed by atoms with Gasteiger partial charge in [0, 0.05) is 0 Å². The van der Waals surface area contributed by atoms with Crippen molar-refractivity contribution in [2.45, 2.75) is 65.2 Å². The van der Waals surface area contributed by atoms with E-state index in [0.29, 0.717) is 0 Å². The molecule has 0 saturated carbocycles. The van der Waals surface area contributed by atoms with Crippen molar-refractivity contribution >= 4 is 129 Å². The van der Waals surface area contributed by atoms with Gasteiger partial charge in [-0.25, -0.2) is 0 Å². The van der Waals surface area contributed by atoms with Crippen molar-refractivity contribution in [2.24, 2.45) is 0 Å². The molecule has 0 saturated heterocycles. The highest BCUT2D eigenvalue weighted by molar-refractivity contribution is 9.21. The number of ether oxygens (including phenoxy) is 2. The van der Waals surface area contributed by atoms with Crippen molar-refractivity contribution in [1.29, 1.82) is 0 Å². The molecule has 0 heterocycles. The van der Waals surface area contributed by atoms with Crippen LogP contribution in [0.4, 0.5) is 0 Å². The van der Waals surface area contributed by atoms with Crippen LogP contribution in [0.3, 0.4) is 0 Å². The first-order valence-corrected chi connectivity index (χ1v) is 33.5. The van der Waals surface area contributed by atoms with Gasteiger partial charge in [0.1, 0.15) is 11.5 Å². The second-order valence-corrected chi connectivity index (χ2v) is 53.9. The largest absolute Gasteiger partial charge is 0.492 e. The molecule has 0 aliphatic rings. The van der Waals surface area contributed by atoms with Crippen molar-refractivity contribution in [3.05, 3.63) is 21.1 Å². The van der Waals surface area contributed by atoms with Crippen LogP contribution in [0.5, 0.6) is 11.5 Å². The van der Waals surface area contributed by atoms with Gasteiger partial charge in [0.05, 0.1) is 22.2 Å². The van der Waals surface area contributed by atoms with E-state index in [4.69, 9.17) is 9.47 Å². The molecule has 8 unspecified atom stereocenters. The van der Waals surface area contributed by atoms with Crippen LogP contribution in [-0.2, 0) is 0 Å². The third kappa shape index (κ3) is 18.4. The van der Waals surface area contributed by atoms with Gasteiger partial charge in [0.2, 0.25) is 0 Å². The highest BCUT2D eigenvalue weighted by Crippen LogP contribution is 3.16. The maximum absolute atomic E-state index is 5.84. The monoisotopic (exact) mass is 820 g/mol. The van der Waals surface area contributed by atoms with Gasteiger partial charge in [-0.2, -0.15) is 0 Å². The van der Waals surface area contributed by atoms with Crippen LogP contribution >= 0.6 is 129 Å². The molecule has 0 N–H and O–H groups in total. The molecular weight excluding hydrogens is 780 g/mol. The van der Waals surface area contributed by atoms with E-state index in [0.717, 1.165) is 46.5 Å². The maximum Gasteiger partial charge on any atom is 0.134 e. The highest BCUT2D eigenvalue weighted by Gasteiger charge is 2.26. The molecule has 0 bridgehead atoms. The maximum atomic E-state index is 5.84. The quantitative estimate of drug-likeness (QED) is 0.122. The summed E-state index contributed by atoms with van der Waals surface area (Å²) in [5.74, 6) is 1.75. The van der Waals surface area contributed by atoms with Crippen molar-refractivity contribution in [3.63, 3.8) is 0 Å². The summed E-state index contributed by atoms with van der Waals surface area (Å²) in [4.78, 5) is 0. The van der Waals surface area contributed by atoms with E-state index in [1.165, 1.54) is 38.5 Å². The van der Waals surface area contributed by atoms with E-state index in [1.54, 1.807) is 0 Å². The first kappa shape index (κ1) is 38.9. The molecule has 0 aliphatic heterocycles. The Morgan fingerprint density at radius 3 is 1.26 bits per heavy atom. The fraction of sp³-hybridized carbons (Fsp3) is 0.667. The number of hydrogen-bond donors (Lipinski definition) is 0. The first-order valence-electron chi connectivity index (χ1n) is 11.0. The summed E-state index contributed by atoms with van der Waals surface area (Å²) in [6.45, 7) is 6.67. The second kappa shape index (κ2) is 24.5. The van der Waals surface area contributed by atoms with Crippen LogP contribution in [0.2, 0.25) is 0 Å². The van der Waals surface area contributed by atoms with Gasteiger partial charge < -0.3 is 9.47 Å². The Kier molecular flexibility index (Phi) is 28.1. The molecule has 34 heavy (non-hydrogen) atoms. The van der Waals surface area contributed by atoms with Crippen molar-refractivity contribution in [1.82, 2.24) is 0 Å². The zero-order chi connectivity index (χ0) is 26.1. The molecule has 0 spiro atoms. The minimum atomic E-state index is 0.103. The van der Waals surface area contributed by atoms with E-state index < -0.39 is 0 Å². The number of rotatable bonds is 16. The molecule has 0 amide bonds. The molecule has 0 fully saturated rings. The fourth-order valence-corrected chi connectivity index (χ4v) is 106. The van der Waals surface area contributed by atoms with Crippen LogP contribution in [0.15, 0.2) is 21.1 Å². The molecule has 1 aromatic rings. The Balaban J connectivity index is 0.000000770. The molecule has 0 aliphatic carbocycles. The Hall–Kier alpha value is 4.94. The molecule has 1 rings (SSSR count). The number of unbranched alkanes of at least 4 members (excludes halogenated alkanes) is 6. The Morgan fingerprint density at radius 2 is 1.00 bits per heavy atom. The van der Waals surface area contributed by atoms with Crippen LogP contribution in [0, 0.1) is 0 Å². The second-order valence-electron chi connectivity index (χ2n) is 7.26. The molecule has 8 atom stereocenters. The van der Waals surface area contributed by atoms with Gasteiger partial charge in [-0.3, -0.25) is 0 Å². The van der Waals surface area contributed by atoms with E-state index in [1.807, 2.05) is 12.1 Å². The van der Waals surface area contributed by atoms with Gasteiger partial charge >= 0.3 is 0 Å². The van der Waals surface area contributed by atoms with Gasteiger partial charge in [-0.1, -0.05) is 52.4 Å². The van der Waals surface area contributed by atoms with E-state index >= 15 is 0 Å². The SMILES string of the molecule is CCCCCCOc1cc(Br)c(OCCCCCC)cc1Br.PP(P)P(P)P(P(P)P)P(P)P. The average Bonchev–Trinajstić information content (AvgIpc) is 2.76. The Labute approximate surface area is 247 Å². The molecule has 0 radical (unpaired) electrons. The number of halogens is 2. The van der Waals surface area contributed by atoms with Crippen molar-refractivity contribution in [3.8, 4) is 11.5 Å². The lowest BCUT2D eigenvalue weighted by Crippen LogP contribution is -2.01. The molecule has 1 aromatic carbocycles. The Bertz CT molecular complexity index is 610. The molecule has 2 nitrogen and oxygen atoms in total. The first-order chi connectivity index (χ1) is 16.1. The standard InChI is InChI=1S/C18H28Br2O2.H14P12/c1-3-5-7-9-11-21-17-13-16(20)18(14-15(17)19)22-12-10-8-6-4-2;1-8(2)11(7)12(9(3)4)10(5)6/h13-14H,3-12H2,1-2H3;1-7H2. The van der Waals surface area contributed by atoms with Crippen molar-refractivity contribution in [2.75, 3.05) is 13.2 Å². The van der Waals surface area contributed by atoms with Crippen LogP contribution in [0.25, 0.3) is 0 Å². The summed E-state index contributed by atoms with van der Waals surface area (Å²) >= 11 is 7.14. The normalized spacial score (nSPS) is 12.3. The Morgan fingerprint density at radius 1 is 0.618 bits per heavy atom. The topological polar surface area (TPSA) is 18.5 Å². The predicted octanol–water partition coefficient (Wildman–Crippen LogP) is 13.7. The zero-order valence-corrected chi connectivity index (χ0v) is 35.8.